The number of aromatic amines is 1. The number of hydrazine groups is 1. The topological polar surface area (TPSA) is 45.0 Å². The molecule has 2 heterocycles. The van der Waals surface area contributed by atoms with Crippen molar-refractivity contribution in [1.29, 1.82) is 0 Å². The summed E-state index contributed by atoms with van der Waals surface area (Å²) in [5.74, 6) is 5.73. The number of anilines is 1. The lowest BCUT2D eigenvalue weighted by atomic mass is 10.1. The van der Waals surface area contributed by atoms with Crippen molar-refractivity contribution in [1.82, 2.24) is 4.98 Å². The molecule has 0 fully saturated rings. The summed E-state index contributed by atoms with van der Waals surface area (Å²) in [7, 11) is 0. The number of H-pyrrole nitrogens is 1. The van der Waals surface area contributed by atoms with Gasteiger partial charge < -0.3 is 9.99 Å². The average Bonchev–Trinajstić information content (AvgIpc) is 2.97. The summed E-state index contributed by atoms with van der Waals surface area (Å²) in [6.45, 7) is 0.803. The fraction of sp³-hybridized carbons (Fsp3) is 0.0588. The Morgan fingerprint density at radius 2 is 1.75 bits per heavy atom. The quantitative estimate of drug-likeness (QED) is 0.609. The standard InChI is InChI=1S/C9H10N2.C8H7N/c10-11-7-3-5-8-4-1-2-6-9(8)11;1-2-4-8-7(3-1)5-6-9-8/h1-6H,7,10H2;1-6,9H. The van der Waals surface area contributed by atoms with E-state index in [1.54, 1.807) is 5.01 Å². The molecule has 0 bridgehead atoms. The Labute approximate surface area is 118 Å². The van der Waals surface area contributed by atoms with E-state index in [1.165, 1.54) is 16.5 Å². The van der Waals surface area contributed by atoms with Gasteiger partial charge in [-0.3, -0.25) is 0 Å². The van der Waals surface area contributed by atoms with Crippen LogP contribution in [-0.2, 0) is 0 Å². The van der Waals surface area contributed by atoms with E-state index in [2.05, 4.69) is 41.4 Å². The molecule has 1 aliphatic heterocycles. The number of aromatic nitrogens is 1. The number of rotatable bonds is 0. The van der Waals surface area contributed by atoms with E-state index in [1.807, 2.05) is 36.5 Å². The summed E-state index contributed by atoms with van der Waals surface area (Å²) in [6.07, 6.45) is 6.10. The number of fused-ring (bicyclic) bond motifs is 2. The van der Waals surface area contributed by atoms with Gasteiger partial charge in [-0.25, -0.2) is 5.84 Å². The van der Waals surface area contributed by atoms with E-state index >= 15 is 0 Å². The Kier molecular flexibility index (Phi) is 3.52. The molecular weight excluding hydrogens is 246 g/mol. The third-order valence-corrected chi connectivity index (χ3v) is 3.31. The van der Waals surface area contributed by atoms with E-state index in [9.17, 15) is 0 Å². The van der Waals surface area contributed by atoms with Crippen LogP contribution in [0, 0.1) is 0 Å². The molecule has 3 aromatic rings. The molecule has 0 saturated carbocycles. The lowest BCUT2D eigenvalue weighted by Gasteiger charge is -2.22. The SMILES string of the molecule is NN1CC=Cc2ccccc21.c1ccc2[nH]ccc2c1. The Bertz CT molecular complexity index is 697. The van der Waals surface area contributed by atoms with E-state index in [-0.39, 0.29) is 0 Å². The van der Waals surface area contributed by atoms with E-state index in [0.29, 0.717) is 0 Å². The molecule has 0 radical (unpaired) electrons. The lowest BCUT2D eigenvalue weighted by Crippen LogP contribution is -2.32. The minimum atomic E-state index is 0.803. The molecule has 0 unspecified atom stereocenters. The highest BCUT2D eigenvalue weighted by Crippen LogP contribution is 2.22. The van der Waals surface area contributed by atoms with Gasteiger partial charge in [0.15, 0.2) is 0 Å². The first-order valence-electron chi connectivity index (χ1n) is 6.64. The van der Waals surface area contributed by atoms with Crippen molar-refractivity contribution in [3.05, 3.63) is 72.4 Å². The molecule has 3 N–H and O–H groups in total. The van der Waals surface area contributed by atoms with Gasteiger partial charge in [-0.15, -0.1) is 0 Å². The molecule has 1 aliphatic rings. The molecule has 0 amide bonds. The number of nitrogens with two attached hydrogens (primary N) is 1. The summed E-state index contributed by atoms with van der Waals surface area (Å²) in [5, 5.41) is 3.02. The highest BCUT2D eigenvalue weighted by atomic mass is 15.4. The van der Waals surface area contributed by atoms with Crippen molar-refractivity contribution in [2.45, 2.75) is 0 Å². The van der Waals surface area contributed by atoms with Gasteiger partial charge in [-0.2, -0.15) is 0 Å². The van der Waals surface area contributed by atoms with Gasteiger partial charge in [0, 0.05) is 11.7 Å². The second kappa shape index (κ2) is 5.63. The summed E-state index contributed by atoms with van der Waals surface area (Å²) in [6, 6.07) is 18.4. The smallest absolute Gasteiger partial charge is 0.0593 e. The number of hydrogen-bond acceptors (Lipinski definition) is 2. The van der Waals surface area contributed by atoms with Crippen LogP contribution in [0.3, 0.4) is 0 Å². The molecule has 100 valence electrons. The molecule has 0 saturated heterocycles. The van der Waals surface area contributed by atoms with Crippen molar-refractivity contribution in [2.24, 2.45) is 5.84 Å². The molecule has 0 atom stereocenters. The summed E-state index contributed by atoms with van der Waals surface area (Å²) < 4.78 is 0. The van der Waals surface area contributed by atoms with Crippen molar-refractivity contribution >= 4 is 22.7 Å². The lowest BCUT2D eigenvalue weighted by molar-refractivity contribution is 0.931. The highest BCUT2D eigenvalue weighted by molar-refractivity contribution is 5.78. The number of nitrogens with one attached hydrogen (secondary N) is 1. The first-order valence-corrected chi connectivity index (χ1v) is 6.64. The molecule has 2 aromatic carbocycles. The van der Waals surface area contributed by atoms with Crippen molar-refractivity contribution in [3.8, 4) is 0 Å². The molecule has 20 heavy (non-hydrogen) atoms. The van der Waals surface area contributed by atoms with Crippen LogP contribution in [0.15, 0.2) is 66.9 Å². The largest absolute Gasteiger partial charge is 0.361 e. The van der Waals surface area contributed by atoms with Crippen LogP contribution in [0.1, 0.15) is 5.56 Å². The molecule has 0 aliphatic carbocycles. The van der Waals surface area contributed by atoms with E-state index < -0.39 is 0 Å². The van der Waals surface area contributed by atoms with Crippen molar-refractivity contribution in [2.75, 3.05) is 11.6 Å². The molecule has 3 nitrogen and oxygen atoms in total. The monoisotopic (exact) mass is 263 g/mol. The Hall–Kier alpha value is -2.52. The Morgan fingerprint density at radius 1 is 0.950 bits per heavy atom. The molecular formula is C17H17N3. The maximum absolute atomic E-state index is 5.73. The molecule has 0 spiro atoms. The molecule has 3 heteroatoms. The first-order chi connectivity index (χ1) is 9.84. The molecule has 1 aromatic heterocycles. The van der Waals surface area contributed by atoms with E-state index in [0.717, 1.165) is 12.2 Å². The number of hydrogen-bond donors (Lipinski definition) is 2. The average molecular weight is 263 g/mol. The summed E-state index contributed by atoms with van der Waals surface area (Å²) >= 11 is 0. The van der Waals surface area contributed by atoms with Gasteiger partial charge in [0.25, 0.3) is 0 Å². The predicted molar refractivity (Wildman–Crippen MR) is 85.3 cm³/mol. The van der Waals surface area contributed by atoms with Crippen LogP contribution in [0.25, 0.3) is 17.0 Å². The predicted octanol–water partition coefficient (Wildman–Crippen LogP) is 3.56. The second-order valence-electron chi connectivity index (χ2n) is 4.68. The van der Waals surface area contributed by atoms with Gasteiger partial charge in [0.2, 0.25) is 0 Å². The minimum Gasteiger partial charge on any atom is -0.361 e. The van der Waals surface area contributed by atoms with Crippen LogP contribution >= 0.6 is 0 Å². The Balaban J connectivity index is 0.000000123. The number of para-hydroxylation sites is 2. The zero-order valence-electron chi connectivity index (χ0n) is 11.2. The van der Waals surface area contributed by atoms with Crippen LogP contribution in [-0.4, -0.2) is 11.5 Å². The zero-order chi connectivity index (χ0) is 13.8. The van der Waals surface area contributed by atoms with Gasteiger partial charge in [0.05, 0.1) is 12.2 Å². The van der Waals surface area contributed by atoms with Crippen LogP contribution in [0.2, 0.25) is 0 Å². The maximum atomic E-state index is 5.73. The highest BCUT2D eigenvalue weighted by Gasteiger charge is 2.06. The van der Waals surface area contributed by atoms with Gasteiger partial charge in [-0.1, -0.05) is 48.6 Å². The summed E-state index contributed by atoms with van der Waals surface area (Å²) in [4.78, 5) is 3.12. The Morgan fingerprint density at radius 3 is 2.60 bits per heavy atom. The zero-order valence-corrected chi connectivity index (χ0v) is 11.2. The van der Waals surface area contributed by atoms with E-state index in [4.69, 9.17) is 5.84 Å². The fourth-order valence-corrected chi connectivity index (χ4v) is 2.28. The maximum Gasteiger partial charge on any atom is 0.0593 e. The normalized spacial score (nSPS) is 12.8. The van der Waals surface area contributed by atoms with Gasteiger partial charge in [-0.05, 0) is 29.1 Å². The van der Waals surface area contributed by atoms with Crippen molar-refractivity contribution < 1.29 is 0 Å². The molecule has 4 rings (SSSR count). The number of benzene rings is 2. The van der Waals surface area contributed by atoms with Gasteiger partial charge in [0.1, 0.15) is 0 Å². The van der Waals surface area contributed by atoms with Crippen molar-refractivity contribution in [3.63, 3.8) is 0 Å². The van der Waals surface area contributed by atoms with Crippen LogP contribution < -0.4 is 10.9 Å². The minimum absolute atomic E-state index is 0.803. The fourth-order valence-electron chi connectivity index (χ4n) is 2.28. The van der Waals surface area contributed by atoms with Gasteiger partial charge >= 0.3 is 0 Å². The van der Waals surface area contributed by atoms with Crippen LogP contribution in [0.4, 0.5) is 5.69 Å². The van der Waals surface area contributed by atoms with Crippen LogP contribution in [0.5, 0.6) is 0 Å². The third kappa shape index (κ3) is 2.58. The summed E-state index contributed by atoms with van der Waals surface area (Å²) in [5.41, 5.74) is 3.51. The second-order valence-corrected chi connectivity index (χ2v) is 4.68. The first kappa shape index (κ1) is 12.5. The number of nitrogens with zero attached hydrogens (tertiary/aromatic N) is 1. The third-order valence-electron chi connectivity index (χ3n) is 3.31.